The topological polar surface area (TPSA) is 76.0 Å². The van der Waals surface area contributed by atoms with Gasteiger partial charge in [-0.2, -0.15) is 18.3 Å². The summed E-state index contributed by atoms with van der Waals surface area (Å²) in [6.07, 6.45) is 0.909. The lowest BCUT2D eigenvalue weighted by atomic mass is 10.1. The van der Waals surface area contributed by atoms with Crippen molar-refractivity contribution in [2.75, 3.05) is 10.6 Å². The first-order valence-corrected chi connectivity index (χ1v) is 8.80. The molecule has 2 N–H and O–H groups in total. The van der Waals surface area contributed by atoms with E-state index in [-0.39, 0.29) is 17.3 Å². The number of nitrogens with zero attached hydrogens (tertiary/aromatic N) is 2. The Hall–Kier alpha value is -3.88. The molecule has 30 heavy (non-hydrogen) atoms. The molecule has 154 valence electrons. The van der Waals surface area contributed by atoms with Crippen LogP contribution in [0.1, 0.15) is 18.1 Å². The number of alkyl halides is 3. The van der Waals surface area contributed by atoms with Crippen LogP contribution >= 0.6 is 0 Å². The van der Waals surface area contributed by atoms with Crippen molar-refractivity contribution in [3.8, 4) is 5.69 Å². The van der Waals surface area contributed by atoms with E-state index in [9.17, 15) is 22.8 Å². The van der Waals surface area contributed by atoms with Crippen LogP contribution in [0.4, 0.5) is 24.5 Å². The van der Waals surface area contributed by atoms with E-state index >= 15 is 0 Å². The molecule has 0 unspecified atom stereocenters. The molecule has 0 atom stereocenters. The molecular formula is C21H17F3N4O2. The van der Waals surface area contributed by atoms with Crippen molar-refractivity contribution < 1.29 is 22.8 Å². The van der Waals surface area contributed by atoms with Gasteiger partial charge in [0.15, 0.2) is 0 Å². The molecule has 0 bridgehead atoms. The SMILES string of the molecule is CC(=O)Nc1ccc(/C=C/C(=O)Nc2ccc(-n3cccn3)cc2C(F)(F)F)cc1. The van der Waals surface area contributed by atoms with Crippen molar-refractivity contribution in [1.82, 2.24) is 9.78 Å². The highest BCUT2D eigenvalue weighted by Gasteiger charge is 2.34. The highest BCUT2D eigenvalue weighted by molar-refractivity contribution is 6.02. The second-order valence-electron chi connectivity index (χ2n) is 6.30. The zero-order valence-corrected chi connectivity index (χ0v) is 15.8. The summed E-state index contributed by atoms with van der Waals surface area (Å²) in [6, 6.07) is 11.8. The van der Waals surface area contributed by atoms with Crippen molar-refractivity contribution in [3.05, 3.63) is 78.1 Å². The predicted molar refractivity (Wildman–Crippen MR) is 107 cm³/mol. The van der Waals surface area contributed by atoms with Gasteiger partial charge in [0.25, 0.3) is 0 Å². The highest BCUT2D eigenvalue weighted by atomic mass is 19.4. The van der Waals surface area contributed by atoms with Gasteiger partial charge < -0.3 is 10.6 Å². The van der Waals surface area contributed by atoms with Gasteiger partial charge in [-0.15, -0.1) is 0 Å². The number of amides is 2. The minimum Gasteiger partial charge on any atom is -0.326 e. The summed E-state index contributed by atoms with van der Waals surface area (Å²) in [5.74, 6) is -0.921. The van der Waals surface area contributed by atoms with Gasteiger partial charge in [0, 0.05) is 31.1 Å². The molecule has 0 aliphatic carbocycles. The van der Waals surface area contributed by atoms with Crippen LogP contribution in [-0.4, -0.2) is 21.6 Å². The minimum atomic E-state index is -4.66. The number of aromatic nitrogens is 2. The van der Waals surface area contributed by atoms with Gasteiger partial charge in [-0.3, -0.25) is 9.59 Å². The number of rotatable bonds is 5. The number of benzene rings is 2. The summed E-state index contributed by atoms with van der Waals surface area (Å²) >= 11 is 0. The lowest BCUT2D eigenvalue weighted by Crippen LogP contribution is -2.15. The molecule has 3 aromatic rings. The molecule has 0 fully saturated rings. The smallest absolute Gasteiger partial charge is 0.326 e. The fourth-order valence-corrected chi connectivity index (χ4v) is 2.67. The van der Waals surface area contributed by atoms with Crippen LogP contribution in [0.5, 0.6) is 0 Å². The Labute approximate surface area is 170 Å². The highest BCUT2D eigenvalue weighted by Crippen LogP contribution is 2.36. The van der Waals surface area contributed by atoms with Gasteiger partial charge in [0.1, 0.15) is 0 Å². The van der Waals surface area contributed by atoms with Crippen LogP contribution in [0, 0.1) is 0 Å². The largest absolute Gasteiger partial charge is 0.418 e. The molecule has 0 aliphatic heterocycles. The maximum absolute atomic E-state index is 13.5. The Bertz CT molecular complexity index is 1070. The normalized spacial score (nSPS) is 11.5. The first-order valence-electron chi connectivity index (χ1n) is 8.80. The molecule has 0 aliphatic rings. The van der Waals surface area contributed by atoms with E-state index in [4.69, 9.17) is 0 Å². The molecule has 1 aromatic heterocycles. The van der Waals surface area contributed by atoms with Gasteiger partial charge in [0.05, 0.1) is 16.9 Å². The number of halogens is 3. The molecule has 0 saturated carbocycles. The van der Waals surface area contributed by atoms with Crippen LogP contribution < -0.4 is 10.6 Å². The summed E-state index contributed by atoms with van der Waals surface area (Å²) in [5, 5.41) is 8.79. The Morgan fingerprint density at radius 3 is 2.40 bits per heavy atom. The van der Waals surface area contributed by atoms with Crippen LogP contribution in [0.3, 0.4) is 0 Å². The van der Waals surface area contributed by atoms with Crippen molar-refractivity contribution in [3.63, 3.8) is 0 Å². The second kappa shape index (κ2) is 8.64. The van der Waals surface area contributed by atoms with E-state index in [1.54, 1.807) is 30.3 Å². The van der Waals surface area contributed by atoms with Gasteiger partial charge >= 0.3 is 6.18 Å². The maximum Gasteiger partial charge on any atom is 0.418 e. The fraction of sp³-hybridized carbons (Fsp3) is 0.0952. The third kappa shape index (κ3) is 5.34. The van der Waals surface area contributed by atoms with Crippen LogP contribution in [0.2, 0.25) is 0 Å². The third-order valence-electron chi connectivity index (χ3n) is 3.99. The Morgan fingerprint density at radius 2 is 1.80 bits per heavy atom. The molecule has 0 spiro atoms. The molecule has 9 heteroatoms. The first kappa shape index (κ1) is 20.8. The van der Waals surface area contributed by atoms with Crippen molar-refractivity contribution in [2.24, 2.45) is 0 Å². The minimum absolute atomic E-state index is 0.211. The molecular weight excluding hydrogens is 397 g/mol. The number of nitrogens with one attached hydrogen (secondary N) is 2. The zero-order chi connectivity index (χ0) is 21.7. The van der Waals surface area contributed by atoms with Crippen molar-refractivity contribution >= 4 is 29.3 Å². The van der Waals surface area contributed by atoms with Gasteiger partial charge in [-0.05, 0) is 48.0 Å². The molecule has 0 radical (unpaired) electrons. The Balaban J connectivity index is 1.75. The van der Waals surface area contributed by atoms with Gasteiger partial charge in [0.2, 0.25) is 11.8 Å². The molecule has 6 nitrogen and oxygen atoms in total. The van der Waals surface area contributed by atoms with Gasteiger partial charge in [-0.1, -0.05) is 12.1 Å². The quantitative estimate of drug-likeness (QED) is 0.604. The average Bonchev–Trinajstić information content (AvgIpc) is 3.21. The molecule has 2 amide bonds. The van der Waals surface area contributed by atoms with E-state index in [1.165, 1.54) is 42.2 Å². The third-order valence-corrected chi connectivity index (χ3v) is 3.99. The van der Waals surface area contributed by atoms with Crippen LogP contribution in [0.25, 0.3) is 11.8 Å². The van der Waals surface area contributed by atoms with Crippen molar-refractivity contribution in [2.45, 2.75) is 13.1 Å². The first-order chi connectivity index (χ1) is 14.2. The van der Waals surface area contributed by atoms with Gasteiger partial charge in [-0.25, -0.2) is 4.68 Å². The number of carbonyl (C=O) groups is 2. The van der Waals surface area contributed by atoms with E-state index in [0.29, 0.717) is 11.3 Å². The number of hydrogen-bond donors (Lipinski definition) is 2. The standard InChI is InChI=1S/C21H17F3N4O2/c1-14(29)26-16-6-3-15(4-7-16)5-10-20(30)27-19-9-8-17(28-12-2-11-25-28)13-18(19)21(22,23)24/h2-13H,1H3,(H,26,29)(H,27,30)/b10-5+. The molecule has 1 heterocycles. The Morgan fingerprint density at radius 1 is 1.07 bits per heavy atom. The van der Waals surface area contributed by atoms with Crippen molar-refractivity contribution in [1.29, 1.82) is 0 Å². The lowest BCUT2D eigenvalue weighted by molar-refractivity contribution is -0.137. The number of anilines is 2. The predicted octanol–water partition coefficient (Wildman–Crippen LogP) is 4.50. The van der Waals surface area contributed by atoms with E-state index in [1.807, 2.05) is 0 Å². The molecule has 0 saturated heterocycles. The van der Waals surface area contributed by atoms with E-state index < -0.39 is 17.6 Å². The van der Waals surface area contributed by atoms with Crippen LogP contribution in [0.15, 0.2) is 67.0 Å². The Kier molecular flexibility index (Phi) is 6.01. The molecule has 3 rings (SSSR count). The molecule has 2 aromatic carbocycles. The zero-order valence-electron chi connectivity index (χ0n) is 15.8. The van der Waals surface area contributed by atoms with Crippen LogP contribution in [-0.2, 0) is 15.8 Å². The maximum atomic E-state index is 13.5. The summed E-state index contributed by atoms with van der Waals surface area (Å²) < 4.78 is 41.7. The van der Waals surface area contributed by atoms with E-state index in [0.717, 1.165) is 12.1 Å². The monoisotopic (exact) mass is 414 g/mol. The number of carbonyl (C=O) groups excluding carboxylic acids is 2. The second-order valence-corrected chi connectivity index (χ2v) is 6.30. The summed E-state index contributed by atoms with van der Waals surface area (Å²) in [4.78, 5) is 23.2. The fourth-order valence-electron chi connectivity index (χ4n) is 2.67. The summed E-state index contributed by atoms with van der Waals surface area (Å²) in [5.41, 5.74) is 0.131. The average molecular weight is 414 g/mol. The lowest BCUT2D eigenvalue weighted by Gasteiger charge is -2.14. The summed E-state index contributed by atoms with van der Waals surface area (Å²) in [6.45, 7) is 1.38. The number of hydrogen-bond acceptors (Lipinski definition) is 3. The van der Waals surface area contributed by atoms with E-state index in [2.05, 4.69) is 15.7 Å². The summed E-state index contributed by atoms with van der Waals surface area (Å²) in [7, 11) is 0.